The highest BCUT2D eigenvalue weighted by Crippen LogP contribution is 2.26. The van der Waals surface area contributed by atoms with Crippen molar-refractivity contribution in [2.24, 2.45) is 0 Å². The van der Waals surface area contributed by atoms with Crippen molar-refractivity contribution in [2.45, 2.75) is 32.8 Å². The van der Waals surface area contributed by atoms with Crippen molar-refractivity contribution in [3.63, 3.8) is 0 Å². The minimum Gasteiger partial charge on any atom is -0.386 e. The minimum absolute atomic E-state index is 0.0318. The number of hydrogen-bond donors (Lipinski definition) is 1. The molecule has 0 bridgehead atoms. The summed E-state index contributed by atoms with van der Waals surface area (Å²) in [5.41, 5.74) is 2.17. The van der Waals surface area contributed by atoms with Crippen LogP contribution >= 0.6 is 0 Å². The molecule has 92 valence electrons. The molecule has 0 aromatic heterocycles. The van der Waals surface area contributed by atoms with E-state index in [1.165, 1.54) is 0 Å². The summed E-state index contributed by atoms with van der Waals surface area (Å²) < 4.78 is 0. The van der Waals surface area contributed by atoms with E-state index in [-0.39, 0.29) is 5.91 Å². The standard InChI is InChI=1S/C14H19NO2/c1-4-14(17)8-15(9-14)13(16)12-7-10(2)5-6-11(12)3/h5-7,17H,4,8-9H2,1-3H3. The van der Waals surface area contributed by atoms with Crippen molar-refractivity contribution >= 4 is 5.91 Å². The first-order chi connectivity index (χ1) is 7.95. The maximum atomic E-state index is 12.2. The first-order valence-corrected chi connectivity index (χ1v) is 6.04. The van der Waals surface area contributed by atoms with Crippen molar-refractivity contribution in [1.29, 1.82) is 0 Å². The van der Waals surface area contributed by atoms with Gasteiger partial charge in [0.2, 0.25) is 0 Å². The van der Waals surface area contributed by atoms with Gasteiger partial charge in [0.15, 0.2) is 0 Å². The molecule has 0 aliphatic carbocycles. The Bertz CT molecular complexity index is 448. The molecular formula is C14H19NO2. The molecule has 1 fully saturated rings. The molecule has 0 unspecified atom stereocenters. The summed E-state index contributed by atoms with van der Waals surface area (Å²) >= 11 is 0. The highest BCUT2D eigenvalue weighted by Gasteiger charge is 2.42. The van der Waals surface area contributed by atoms with Crippen LogP contribution in [0.1, 0.15) is 34.8 Å². The van der Waals surface area contributed by atoms with E-state index in [0.717, 1.165) is 16.7 Å². The van der Waals surface area contributed by atoms with Gasteiger partial charge < -0.3 is 10.0 Å². The van der Waals surface area contributed by atoms with Crippen LogP contribution in [0.4, 0.5) is 0 Å². The molecule has 1 aliphatic rings. The third kappa shape index (κ3) is 2.20. The number of likely N-dealkylation sites (tertiary alicyclic amines) is 1. The van der Waals surface area contributed by atoms with E-state index < -0.39 is 5.60 Å². The molecule has 1 aliphatic heterocycles. The average molecular weight is 233 g/mol. The minimum atomic E-state index is -0.659. The Morgan fingerprint density at radius 3 is 2.65 bits per heavy atom. The zero-order chi connectivity index (χ0) is 12.6. The Morgan fingerprint density at radius 1 is 1.41 bits per heavy atom. The van der Waals surface area contributed by atoms with Gasteiger partial charge in [0.1, 0.15) is 0 Å². The van der Waals surface area contributed by atoms with Gasteiger partial charge in [-0.3, -0.25) is 4.79 Å². The number of nitrogens with zero attached hydrogens (tertiary/aromatic N) is 1. The summed E-state index contributed by atoms with van der Waals surface area (Å²) in [5.74, 6) is 0.0318. The quantitative estimate of drug-likeness (QED) is 0.847. The number of carbonyl (C=O) groups is 1. The van der Waals surface area contributed by atoms with Gasteiger partial charge >= 0.3 is 0 Å². The van der Waals surface area contributed by atoms with Crippen molar-refractivity contribution in [3.8, 4) is 0 Å². The second kappa shape index (κ2) is 4.15. The van der Waals surface area contributed by atoms with E-state index in [9.17, 15) is 9.90 Å². The topological polar surface area (TPSA) is 40.5 Å². The Balaban J connectivity index is 2.14. The van der Waals surface area contributed by atoms with Crippen molar-refractivity contribution < 1.29 is 9.90 Å². The molecule has 17 heavy (non-hydrogen) atoms. The van der Waals surface area contributed by atoms with E-state index in [0.29, 0.717) is 19.5 Å². The molecule has 0 atom stereocenters. The fraction of sp³-hybridized carbons (Fsp3) is 0.500. The first-order valence-electron chi connectivity index (χ1n) is 6.04. The zero-order valence-electron chi connectivity index (χ0n) is 10.7. The molecule has 2 rings (SSSR count). The van der Waals surface area contributed by atoms with Crippen LogP contribution in [-0.4, -0.2) is 34.6 Å². The molecule has 1 heterocycles. The summed E-state index contributed by atoms with van der Waals surface area (Å²) in [6, 6.07) is 5.89. The molecule has 1 amide bonds. The predicted octanol–water partition coefficient (Wildman–Crippen LogP) is 1.90. The third-order valence-corrected chi connectivity index (χ3v) is 3.54. The number of hydrogen-bond acceptors (Lipinski definition) is 2. The number of aliphatic hydroxyl groups is 1. The van der Waals surface area contributed by atoms with Gasteiger partial charge in [0.25, 0.3) is 5.91 Å². The van der Waals surface area contributed by atoms with Crippen molar-refractivity contribution in [3.05, 3.63) is 34.9 Å². The van der Waals surface area contributed by atoms with E-state index in [4.69, 9.17) is 0 Å². The predicted molar refractivity (Wildman–Crippen MR) is 67.1 cm³/mol. The maximum Gasteiger partial charge on any atom is 0.254 e. The van der Waals surface area contributed by atoms with E-state index >= 15 is 0 Å². The molecule has 1 N–H and O–H groups in total. The lowest BCUT2D eigenvalue weighted by molar-refractivity contribution is -0.0826. The molecule has 3 heteroatoms. The molecular weight excluding hydrogens is 214 g/mol. The summed E-state index contributed by atoms with van der Waals surface area (Å²) in [4.78, 5) is 13.9. The second-order valence-electron chi connectivity index (χ2n) is 5.06. The Labute approximate surface area is 102 Å². The van der Waals surface area contributed by atoms with Gasteiger partial charge in [-0.1, -0.05) is 24.6 Å². The fourth-order valence-electron chi connectivity index (χ4n) is 2.17. The number of β-amino-alcohol motifs (C(OH)–C–C–N with tert-alkyl or cyclic N) is 1. The lowest BCUT2D eigenvalue weighted by Gasteiger charge is -2.46. The van der Waals surface area contributed by atoms with Crippen LogP contribution in [0.15, 0.2) is 18.2 Å². The van der Waals surface area contributed by atoms with E-state index in [1.54, 1.807) is 4.90 Å². The number of aryl methyl sites for hydroxylation is 2. The summed E-state index contributed by atoms with van der Waals surface area (Å²) in [7, 11) is 0. The monoisotopic (exact) mass is 233 g/mol. The van der Waals surface area contributed by atoms with Crippen LogP contribution in [0.25, 0.3) is 0 Å². The molecule has 0 radical (unpaired) electrons. The SMILES string of the molecule is CCC1(O)CN(C(=O)c2cc(C)ccc2C)C1. The number of benzene rings is 1. The molecule has 1 aromatic rings. The second-order valence-corrected chi connectivity index (χ2v) is 5.06. The smallest absolute Gasteiger partial charge is 0.254 e. The van der Waals surface area contributed by atoms with Crippen LogP contribution < -0.4 is 0 Å². The van der Waals surface area contributed by atoms with Crippen LogP contribution in [0.3, 0.4) is 0 Å². The van der Waals surface area contributed by atoms with Crippen LogP contribution in [0.5, 0.6) is 0 Å². The third-order valence-electron chi connectivity index (χ3n) is 3.54. The van der Waals surface area contributed by atoms with Gasteiger partial charge in [0, 0.05) is 5.56 Å². The van der Waals surface area contributed by atoms with Crippen LogP contribution in [0, 0.1) is 13.8 Å². The average Bonchev–Trinajstić information content (AvgIpc) is 2.27. The van der Waals surface area contributed by atoms with Gasteiger partial charge in [-0.15, -0.1) is 0 Å². The highest BCUT2D eigenvalue weighted by atomic mass is 16.3. The Morgan fingerprint density at radius 2 is 2.06 bits per heavy atom. The van der Waals surface area contributed by atoms with Crippen LogP contribution in [-0.2, 0) is 0 Å². The lowest BCUT2D eigenvalue weighted by Crippen LogP contribution is -2.63. The summed E-state index contributed by atoms with van der Waals surface area (Å²) in [6.07, 6.45) is 0.698. The molecule has 0 saturated carbocycles. The first kappa shape index (κ1) is 12.1. The van der Waals surface area contributed by atoms with Crippen molar-refractivity contribution in [2.75, 3.05) is 13.1 Å². The van der Waals surface area contributed by atoms with E-state index in [1.807, 2.05) is 39.0 Å². The number of carbonyl (C=O) groups excluding carboxylic acids is 1. The Kier molecular flexibility index (Phi) is 2.96. The molecule has 1 saturated heterocycles. The number of amides is 1. The zero-order valence-corrected chi connectivity index (χ0v) is 10.7. The fourth-order valence-corrected chi connectivity index (χ4v) is 2.17. The molecule has 0 spiro atoms. The van der Waals surface area contributed by atoms with Gasteiger partial charge in [0.05, 0.1) is 18.7 Å². The van der Waals surface area contributed by atoms with Gasteiger partial charge in [-0.05, 0) is 31.9 Å². The Hall–Kier alpha value is -1.35. The van der Waals surface area contributed by atoms with Crippen molar-refractivity contribution in [1.82, 2.24) is 4.90 Å². The summed E-state index contributed by atoms with van der Waals surface area (Å²) in [6.45, 7) is 6.78. The molecule has 3 nitrogen and oxygen atoms in total. The summed E-state index contributed by atoms with van der Waals surface area (Å²) in [5, 5.41) is 9.91. The maximum absolute atomic E-state index is 12.2. The van der Waals surface area contributed by atoms with Gasteiger partial charge in [-0.2, -0.15) is 0 Å². The molecule has 1 aromatic carbocycles. The van der Waals surface area contributed by atoms with E-state index in [2.05, 4.69) is 0 Å². The van der Waals surface area contributed by atoms with Gasteiger partial charge in [-0.25, -0.2) is 0 Å². The highest BCUT2D eigenvalue weighted by molar-refractivity contribution is 5.96. The lowest BCUT2D eigenvalue weighted by atomic mass is 9.90. The largest absolute Gasteiger partial charge is 0.386 e. The normalized spacial score (nSPS) is 17.8. The van der Waals surface area contributed by atoms with Crippen LogP contribution in [0.2, 0.25) is 0 Å². The number of rotatable bonds is 2.